The zero-order chi connectivity index (χ0) is 18.2. The molecule has 0 aromatic carbocycles. The molecule has 0 saturated carbocycles. The largest absolute Gasteiger partial charge is 0.459 e. The van der Waals surface area contributed by atoms with Crippen molar-refractivity contribution in [1.82, 2.24) is 0 Å². The number of fused-ring (bicyclic) bond motifs is 2. The molecule has 2 saturated heterocycles. The quantitative estimate of drug-likeness (QED) is 0.330. The average molecular weight is 369 g/mol. The number of hydrogen-bond acceptors (Lipinski definition) is 4. The number of allylic oxidation sites excluding steroid dienone is 3. The molecule has 1 aliphatic carbocycles. The summed E-state index contributed by atoms with van der Waals surface area (Å²) in [4.78, 5) is 12.3. The minimum absolute atomic E-state index is 0.0465. The fraction of sp³-hybridized carbons (Fsp3) is 0.750. The Kier molecular flexibility index (Phi) is 5.34. The number of halogens is 1. The average Bonchev–Trinajstić information content (AvgIpc) is 3.13. The van der Waals surface area contributed by atoms with Gasteiger partial charge in [-0.15, -0.1) is 11.6 Å². The minimum Gasteiger partial charge on any atom is -0.459 e. The molecule has 0 radical (unpaired) electrons. The van der Waals surface area contributed by atoms with E-state index in [0.29, 0.717) is 12.8 Å². The lowest BCUT2D eigenvalue weighted by molar-refractivity contribution is -0.153. The van der Waals surface area contributed by atoms with E-state index in [1.807, 2.05) is 0 Å². The molecule has 0 aromatic heterocycles. The molecule has 0 amide bonds. The van der Waals surface area contributed by atoms with Gasteiger partial charge in [0.25, 0.3) is 0 Å². The molecule has 4 nitrogen and oxygen atoms in total. The molecule has 0 aromatic rings. The lowest BCUT2D eigenvalue weighted by atomic mass is 9.79. The van der Waals surface area contributed by atoms with Crippen LogP contribution in [0.1, 0.15) is 59.3 Å². The summed E-state index contributed by atoms with van der Waals surface area (Å²) in [5.74, 6) is -1.05. The van der Waals surface area contributed by atoms with Gasteiger partial charge in [0.15, 0.2) is 5.60 Å². The predicted molar refractivity (Wildman–Crippen MR) is 97.5 cm³/mol. The van der Waals surface area contributed by atoms with Crippen molar-refractivity contribution in [1.29, 1.82) is 0 Å². The Hall–Kier alpha value is -0.840. The number of esters is 1. The minimum atomic E-state index is -1.60. The molecule has 25 heavy (non-hydrogen) atoms. The van der Waals surface area contributed by atoms with Crippen LogP contribution >= 0.6 is 11.6 Å². The van der Waals surface area contributed by atoms with Gasteiger partial charge >= 0.3 is 5.97 Å². The van der Waals surface area contributed by atoms with Crippen molar-refractivity contribution in [3.05, 3.63) is 23.3 Å². The maximum absolute atomic E-state index is 12.3. The van der Waals surface area contributed by atoms with Crippen LogP contribution in [0.5, 0.6) is 0 Å². The van der Waals surface area contributed by atoms with E-state index in [2.05, 4.69) is 32.9 Å². The van der Waals surface area contributed by atoms with Crippen molar-refractivity contribution in [2.45, 2.75) is 82.7 Å². The number of alkyl halides is 1. The first kappa shape index (κ1) is 18.9. The Balaban J connectivity index is 1.84. The van der Waals surface area contributed by atoms with E-state index < -0.39 is 11.6 Å². The van der Waals surface area contributed by atoms with Gasteiger partial charge in [-0.3, -0.25) is 0 Å². The second kappa shape index (κ2) is 7.05. The maximum Gasteiger partial charge on any atom is 0.340 e. The second-order valence-corrected chi connectivity index (χ2v) is 8.41. The highest BCUT2D eigenvalue weighted by Crippen LogP contribution is 2.49. The predicted octanol–water partition coefficient (Wildman–Crippen LogP) is 3.90. The smallest absolute Gasteiger partial charge is 0.340 e. The van der Waals surface area contributed by atoms with Crippen LogP contribution < -0.4 is 0 Å². The molecule has 2 aliphatic heterocycles. The van der Waals surface area contributed by atoms with Crippen molar-refractivity contribution in [2.75, 3.05) is 5.88 Å². The standard InChI is InChI=1S/C20H29ClO4/c1-13-6-4-7-14(2)10-16-15(20(23,12-21)18(22)24-16)11-17-19(3,25-17)9-5-8-13/h7-8,15-17,23H,4-6,9-12H2,1-3H3/b13-8+,14-7+/t15-,16-,17-,19-,20-/m0/s1. The first-order valence-corrected chi connectivity index (χ1v) is 9.80. The number of epoxide rings is 1. The zero-order valence-corrected chi connectivity index (χ0v) is 16.1. The van der Waals surface area contributed by atoms with E-state index in [-0.39, 0.29) is 29.6 Å². The fourth-order valence-electron chi connectivity index (χ4n) is 4.16. The number of ether oxygens (including phenoxy) is 2. The third kappa shape index (κ3) is 3.81. The molecular weight excluding hydrogens is 340 g/mol. The summed E-state index contributed by atoms with van der Waals surface area (Å²) in [6.07, 6.45) is 9.44. The second-order valence-electron chi connectivity index (χ2n) is 8.15. The maximum atomic E-state index is 12.3. The summed E-state index contributed by atoms with van der Waals surface area (Å²) in [7, 11) is 0. The summed E-state index contributed by atoms with van der Waals surface area (Å²) >= 11 is 5.97. The lowest BCUT2D eigenvalue weighted by Gasteiger charge is -2.26. The molecule has 1 N–H and O–H groups in total. The number of rotatable bonds is 1. The molecule has 2 heterocycles. The number of carbonyl (C=O) groups excluding carboxylic acids is 1. The Morgan fingerprint density at radius 3 is 2.72 bits per heavy atom. The van der Waals surface area contributed by atoms with Crippen LogP contribution in [0.15, 0.2) is 23.3 Å². The van der Waals surface area contributed by atoms with Crippen LogP contribution in [0.4, 0.5) is 0 Å². The highest BCUT2D eigenvalue weighted by atomic mass is 35.5. The molecule has 3 rings (SSSR count). The number of aliphatic hydroxyl groups is 1. The van der Waals surface area contributed by atoms with Gasteiger partial charge in [-0.25, -0.2) is 4.79 Å². The van der Waals surface area contributed by atoms with Crippen molar-refractivity contribution in [3.8, 4) is 0 Å². The number of hydrogen-bond donors (Lipinski definition) is 1. The summed E-state index contributed by atoms with van der Waals surface area (Å²) in [6, 6.07) is 0. The highest BCUT2D eigenvalue weighted by Gasteiger charge is 2.61. The van der Waals surface area contributed by atoms with Crippen LogP contribution in [-0.2, 0) is 14.3 Å². The van der Waals surface area contributed by atoms with Gasteiger partial charge in [-0.1, -0.05) is 23.3 Å². The highest BCUT2D eigenvalue weighted by molar-refractivity contribution is 6.20. The molecule has 0 unspecified atom stereocenters. The van der Waals surface area contributed by atoms with Gasteiger partial charge < -0.3 is 14.6 Å². The van der Waals surface area contributed by atoms with E-state index in [1.54, 1.807) is 0 Å². The molecule has 5 heteroatoms. The Morgan fingerprint density at radius 1 is 1.28 bits per heavy atom. The van der Waals surface area contributed by atoms with Crippen molar-refractivity contribution in [3.63, 3.8) is 0 Å². The monoisotopic (exact) mass is 368 g/mol. The van der Waals surface area contributed by atoms with Gasteiger partial charge in [-0.2, -0.15) is 0 Å². The normalized spacial score (nSPS) is 46.6. The molecule has 0 bridgehead atoms. The van der Waals surface area contributed by atoms with Crippen LogP contribution in [0.2, 0.25) is 0 Å². The van der Waals surface area contributed by atoms with Gasteiger partial charge in [-0.05, 0) is 52.9 Å². The van der Waals surface area contributed by atoms with Crippen LogP contribution in [0.3, 0.4) is 0 Å². The number of carbonyl (C=O) groups is 1. The van der Waals surface area contributed by atoms with Gasteiger partial charge in [0.05, 0.1) is 17.6 Å². The summed E-state index contributed by atoms with van der Waals surface area (Å²) in [6.45, 7) is 6.35. The van der Waals surface area contributed by atoms with E-state index in [1.165, 1.54) is 11.1 Å². The van der Waals surface area contributed by atoms with Crippen LogP contribution in [0.25, 0.3) is 0 Å². The third-order valence-electron chi connectivity index (χ3n) is 6.07. The summed E-state index contributed by atoms with van der Waals surface area (Å²) in [5.41, 5.74) is 0.816. The SMILES string of the molecule is C/C1=C\CC[C@]2(C)O[C@H]2C[C@H]2[C@H](C/C(C)=C/CC1)OC(=O)[C@]2(O)CCl. The molecular formula is C20H29ClO4. The van der Waals surface area contributed by atoms with Crippen LogP contribution in [-0.4, -0.2) is 40.4 Å². The molecule has 3 aliphatic rings. The Morgan fingerprint density at radius 2 is 2.00 bits per heavy atom. The Labute approximate surface area is 155 Å². The molecule has 5 atom stereocenters. The van der Waals surface area contributed by atoms with Crippen molar-refractivity contribution in [2.24, 2.45) is 5.92 Å². The topological polar surface area (TPSA) is 59.1 Å². The fourth-order valence-corrected chi connectivity index (χ4v) is 4.47. The Bertz CT molecular complexity index is 599. The molecule has 140 valence electrons. The zero-order valence-electron chi connectivity index (χ0n) is 15.4. The third-order valence-corrected chi connectivity index (χ3v) is 6.48. The van der Waals surface area contributed by atoms with Gasteiger partial charge in [0.2, 0.25) is 0 Å². The van der Waals surface area contributed by atoms with Gasteiger partial charge in [0.1, 0.15) is 6.10 Å². The first-order chi connectivity index (χ1) is 11.8. The lowest BCUT2D eigenvalue weighted by Crippen LogP contribution is -2.45. The van der Waals surface area contributed by atoms with E-state index in [4.69, 9.17) is 21.1 Å². The van der Waals surface area contributed by atoms with Crippen molar-refractivity contribution < 1.29 is 19.4 Å². The molecule has 0 spiro atoms. The van der Waals surface area contributed by atoms with Crippen molar-refractivity contribution >= 4 is 17.6 Å². The van der Waals surface area contributed by atoms with Crippen LogP contribution in [0, 0.1) is 5.92 Å². The first-order valence-electron chi connectivity index (χ1n) is 9.27. The molecule has 2 fully saturated rings. The van der Waals surface area contributed by atoms with E-state index >= 15 is 0 Å². The van der Waals surface area contributed by atoms with E-state index in [9.17, 15) is 9.90 Å². The summed E-state index contributed by atoms with van der Waals surface area (Å²) < 4.78 is 11.5. The van der Waals surface area contributed by atoms with E-state index in [0.717, 1.165) is 25.7 Å². The van der Waals surface area contributed by atoms with Gasteiger partial charge in [0, 0.05) is 12.3 Å². The summed E-state index contributed by atoms with van der Waals surface area (Å²) in [5, 5.41) is 10.8.